The van der Waals surface area contributed by atoms with Crippen molar-refractivity contribution in [1.82, 2.24) is 0 Å². The average Bonchev–Trinajstić information content (AvgIpc) is 2.16. The van der Waals surface area contributed by atoms with Gasteiger partial charge in [0.15, 0.2) is 0 Å². The summed E-state index contributed by atoms with van der Waals surface area (Å²) in [6.07, 6.45) is 2.45. The first kappa shape index (κ1) is 10.6. The maximum absolute atomic E-state index is 5.39. The molecule has 0 aliphatic carbocycles. The molecule has 0 fully saturated rings. The molecular formula is C11H16OS. The number of ether oxygens (including phenoxy) is 1. The van der Waals surface area contributed by atoms with E-state index in [-0.39, 0.29) is 6.10 Å². The zero-order chi connectivity index (χ0) is 9.68. The molecule has 13 heavy (non-hydrogen) atoms. The van der Waals surface area contributed by atoms with E-state index in [2.05, 4.69) is 31.7 Å². The van der Waals surface area contributed by atoms with Crippen molar-refractivity contribution in [3.63, 3.8) is 0 Å². The largest absolute Gasteiger partial charge is 0.377 e. The minimum Gasteiger partial charge on any atom is -0.377 e. The van der Waals surface area contributed by atoms with Gasteiger partial charge < -0.3 is 4.74 Å². The summed E-state index contributed by atoms with van der Waals surface area (Å²) in [4.78, 5) is 0.995. The summed E-state index contributed by atoms with van der Waals surface area (Å²) in [6, 6.07) is 8.15. The fourth-order valence-electron chi connectivity index (χ4n) is 1.37. The predicted octanol–water partition coefficient (Wildman–Crippen LogP) is 3.46. The van der Waals surface area contributed by atoms with Crippen molar-refractivity contribution in [3.05, 3.63) is 29.8 Å². The Morgan fingerprint density at radius 2 is 1.92 bits per heavy atom. The van der Waals surface area contributed by atoms with Gasteiger partial charge in [0.25, 0.3) is 0 Å². The monoisotopic (exact) mass is 196 g/mol. The quantitative estimate of drug-likeness (QED) is 0.725. The highest BCUT2D eigenvalue weighted by molar-refractivity contribution is 7.80. The Morgan fingerprint density at radius 3 is 2.38 bits per heavy atom. The molecule has 72 valence electrons. The molecule has 0 heterocycles. The molecule has 2 heteroatoms. The van der Waals surface area contributed by atoms with E-state index in [0.29, 0.717) is 0 Å². The van der Waals surface area contributed by atoms with Crippen LogP contribution in [0.3, 0.4) is 0 Å². The van der Waals surface area contributed by atoms with Crippen LogP contribution in [-0.4, -0.2) is 7.11 Å². The van der Waals surface area contributed by atoms with E-state index in [1.54, 1.807) is 7.11 Å². The second-order valence-corrected chi connectivity index (χ2v) is 3.62. The van der Waals surface area contributed by atoms with Crippen LogP contribution in [0, 0.1) is 0 Å². The van der Waals surface area contributed by atoms with Crippen molar-refractivity contribution < 1.29 is 4.74 Å². The van der Waals surface area contributed by atoms with Crippen LogP contribution in [0.2, 0.25) is 0 Å². The number of hydrogen-bond acceptors (Lipinski definition) is 2. The molecule has 1 aromatic carbocycles. The zero-order valence-corrected chi connectivity index (χ0v) is 9.05. The van der Waals surface area contributed by atoms with Crippen molar-refractivity contribution in [2.45, 2.75) is 30.8 Å². The molecule has 0 saturated heterocycles. The van der Waals surface area contributed by atoms with Crippen molar-refractivity contribution >= 4 is 12.6 Å². The summed E-state index contributed by atoms with van der Waals surface area (Å²) in [6.45, 7) is 2.17. The number of rotatable bonds is 4. The van der Waals surface area contributed by atoms with Crippen LogP contribution in [0.1, 0.15) is 31.4 Å². The van der Waals surface area contributed by atoms with Gasteiger partial charge >= 0.3 is 0 Å². The molecule has 0 unspecified atom stereocenters. The van der Waals surface area contributed by atoms with Crippen molar-refractivity contribution in [1.29, 1.82) is 0 Å². The third-order valence-electron chi connectivity index (χ3n) is 2.10. The first-order valence-corrected chi connectivity index (χ1v) is 5.04. The minimum absolute atomic E-state index is 0.235. The minimum atomic E-state index is 0.235. The molecule has 0 radical (unpaired) electrons. The summed E-state index contributed by atoms with van der Waals surface area (Å²) >= 11 is 4.24. The van der Waals surface area contributed by atoms with Gasteiger partial charge in [-0.3, -0.25) is 0 Å². The smallest absolute Gasteiger partial charge is 0.0821 e. The molecule has 1 atom stereocenters. The van der Waals surface area contributed by atoms with Crippen molar-refractivity contribution in [2.24, 2.45) is 0 Å². The van der Waals surface area contributed by atoms with Gasteiger partial charge in [0.2, 0.25) is 0 Å². The molecule has 0 aliphatic rings. The molecule has 0 bridgehead atoms. The van der Waals surface area contributed by atoms with Gasteiger partial charge in [0.05, 0.1) is 6.10 Å². The molecule has 0 aliphatic heterocycles. The van der Waals surface area contributed by atoms with Crippen LogP contribution in [0.4, 0.5) is 0 Å². The van der Waals surface area contributed by atoms with E-state index < -0.39 is 0 Å². The van der Waals surface area contributed by atoms with Crippen LogP contribution < -0.4 is 0 Å². The lowest BCUT2D eigenvalue weighted by Gasteiger charge is -2.14. The van der Waals surface area contributed by atoms with Gasteiger partial charge in [-0.15, -0.1) is 12.6 Å². The van der Waals surface area contributed by atoms with Crippen LogP contribution in [-0.2, 0) is 4.74 Å². The lowest BCUT2D eigenvalue weighted by molar-refractivity contribution is 0.0950. The van der Waals surface area contributed by atoms with E-state index >= 15 is 0 Å². The van der Waals surface area contributed by atoms with Gasteiger partial charge in [-0.25, -0.2) is 0 Å². The second kappa shape index (κ2) is 5.30. The van der Waals surface area contributed by atoms with Crippen molar-refractivity contribution in [2.75, 3.05) is 7.11 Å². The Morgan fingerprint density at radius 1 is 1.31 bits per heavy atom. The Hall–Kier alpha value is -0.470. The highest BCUT2D eigenvalue weighted by atomic mass is 32.1. The molecule has 1 rings (SSSR count). The van der Waals surface area contributed by atoms with E-state index in [0.717, 1.165) is 17.7 Å². The van der Waals surface area contributed by atoms with Gasteiger partial charge in [-0.2, -0.15) is 0 Å². The third kappa shape index (κ3) is 3.05. The average molecular weight is 196 g/mol. The number of methoxy groups -OCH3 is 1. The normalized spacial score (nSPS) is 12.8. The Balaban J connectivity index is 2.73. The fraction of sp³-hybridized carbons (Fsp3) is 0.455. The summed E-state index contributed by atoms with van der Waals surface area (Å²) in [5.74, 6) is 0. The molecule has 0 aromatic heterocycles. The summed E-state index contributed by atoms with van der Waals surface area (Å²) in [5.41, 5.74) is 1.24. The highest BCUT2D eigenvalue weighted by Gasteiger charge is 2.07. The summed E-state index contributed by atoms with van der Waals surface area (Å²) in [5, 5.41) is 0. The maximum Gasteiger partial charge on any atom is 0.0821 e. The summed E-state index contributed by atoms with van der Waals surface area (Å²) in [7, 11) is 1.76. The van der Waals surface area contributed by atoms with Crippen LogP contribution in [0.15, 0.2) is 29.2 Å². The van der Waals surface area contributed by atoms with Crippen LogP contribution >= 0.6 is 12.6 Å². The Kier molecular flexibility index (Phi) is 4.33. The van der Waals surface area contributed by atoms with Crippen molar-refractivity contribution in [3.8, 4) is 0 Å². The first-order valence-electron chi connectivity index (χ1n) is 4.59. The first-order chi connectivity index (χ1) is 6.27. The van der Waals surface area contributed by atoms with E-state index in [4.69, 9.17) is 4.74 Å². The zero-order valence-electron chi connectivity index (χ0n) is 8.16. The lowest BCUT2D eigenvalue weighted by atomic mass is 10.1. The maximum atomic E-state index is 5.39. The van der Waals surface area contributed by atoms with Gasteiger partial charge in [0.1, 0.15) is 0 Å². The van der Waals surface area contributed by atoms with Crippen LogP contribution in [0.5, 0.6) is 0 Å². The van der Waals surface area contributed by atoms with Gasteiger partial charge in [-0.05, 0) is 24.1 Å². The number of thiol groups is 1. The van der Waals surface area contributed by atoms with E-state index in [9.17, 15) is 0 Å². The fourth-order valence-corrected chi connectivity index (χ4v) is 1.52. The second-order valence-electron chi connectivity index (χ2n) is 3.10. The molecule has 0 saturated carbocycles. The molecule has 0 N–H and O–H groups in total. The number of hydrogen-bond donors (Lipinski definition) is 1. The van der Waals surface area contributed by atoms with Gasteiger partial charge in [-0.1, -0.05) is 25.5 Å². The third-order valence-corrected chi connectivity index (χ3v) is 2.40. The Labute approximate surface area is 85.5 Å². The van der Waals surface area contributed by atoms with Gasteiger partial charge in [0, 0.05) is 12.0 Å². The molecule has 0 amide bonds. The standard InChI is InChI=1S/C11H16OS/c1-3-4-11(12-2)9-5-7-10(13)8-6-9/h5-8,11,13H,3-4H2,1-2H3/t11-/m0/s1. The molecule has 0 spiro atoms. The van der Waals surface area contributed by atoms with E-state index in [1.807, 2.05) is 12.1 Å². The van der Waals surface area contributed by atoms with E-state index in [1.165, 1.54) is 5.56 Å². The SMILES string of the molecule is CCC[C@H](OC)c1ccc(S)cc1. The summed E-state index contributed by atoms with van der Waals surface area (Å²) < 4.78 is 5.39. The lowest BCUT2D eigenvalue weighted by Crippen LogP contribution is -2.00. The Bertz CT molecular complexity index is 243. The van der Waals surface area contributed by atoms with Crippen LogP contribution in [0.25, 0.3) is 0 Å². The number of benzene rings is 1. The topological polar surface area (TPSA) is 9.23 Å². The highest BCUT2D eigenvalue weighted by Crippen LogP contribution is 2.22. The molecular weight excluding hydrogens is 180 g/mol. The predicted molar refractivity (Wildman–Crippen MR) is 58.4 cm³/mol. The molecule has 1 nitrogen and oxygen atoms in total. The molecule has 1 aromatic rings.